The molecule has 0 fully saturated rings. The number of halogens is 1. The van der Waals surface area contributed by atoms with Crippen LogP contribution in [0.4, 0.5) is 10.5 Å². The molecule has 2 aromatic rings. The molecular weight excluding hydrogens is 314 g/mol. The second-order valence-electron chi connectivity index (χ2n) is 5.05. The number of hydrogen-bond acceptors (Lipinski definition) is 2. The Kier molecular flexibility index (Phi) is 5.60. The number of primary amides is 1. The Morgan fingerprint density at radius 1 is 1.09 bits per heavy atom. The number of hydrogen-bond donors (Lipinski definition) is 3. The Morgan fingerprint density at radius 2 is 1.70 bits per heavy atom. The van der Waals surface area contributed by atoms with E-state index in [1.807, 2.05) is 19.1 Å². The van der Waals surface area contributed by atoms with Gasteiger partial charge in [-0.1, -0.05) is 30.7 Å². The predicted octanol–water partition coefficient (Wildman–Crippen LogP) is 3.71. The van der Waals surface area contributed by atoms with Crippen molar-refractivity contribution in [1.82, 2.24) is 5.32 Å². The molecule has 0 heterocycles. The van der Waals surface area contributed by atoms with E-state index in [-0.39, 0.29) is 11.9 Å². The third kappa shape index (κ3) is 4.72. The molecular formula is C17H18ClN3O2. The molecule has 0 bridgehead atoms. The molecule has 120 valence electrons. The first-order valence-corrected chi connectivity index (χ1v) is 7.60. The first-order chi connectivity index (χ1) is 11.0. The van der Waals surface area contributed by atoms with Gasteiger partial charge in [0.25, 0.3) is 5.91 Å². The van der Waals surface area contributed by atoms with Gasteiger partial charge in [-0.25, -0.2) is 4.79 Å². The van der Waals surface area contributed by atoms with Crippen molar-refractivity contribution in [2.45, 2.75) is 19.4 Å². The lowest BCUT2D eigenvalue weighted by atomic mass is 10.0. The number of nitrogens with two attached hydrogens (primary N) is 1. The molecule has 1 atom stereocenters. The van der Waals surface area contributed by atoms with Crippen molar-refractivity contribution in [3.8, 4) is 0 Å². The van der Waals surface area contributed by atoms with E-state index >= 15 is 0 Å². The van der Waals surface area contributed by atoms with Crippen LogP contribution in [0.3, 0.4) is 0 Å². The SMILES string of the molecule is CCC(NC(=O)c1ccc(NC(N)=O)cc1)c1ccc(Cl)cc1. The molecule has 4 N–H and O–H groups in total. The highest BCUT2D eigenvalue weighted by Crippen LogP contribution is 2.20. The minimum atomic E-state index is -0.643. The molecule has 2 rings (SSSR count). The Labute approximate surface area is 139 Å². The van der Waals surface area contributed by atoms with Crippen LogP contribution in [0.1, 0.15) is 35.3 Å². The molecule has 0 radical (unpaired) electrons. The normalized spacial score (nSPS) is 11.6. The summed E-state index contributed by atoms with van der Waals surface area (Å²) < 4.78 is 0. The van der Waals surface area contributed by atoms with Crippen LogP contribution >= 0.6 is 11.6 Å². The Balaban J connectivity index is 2.07. The summed E-state index contributed by atoms with van der Waals surface area (Å²) in [6, 6.07) is 13.2. The highest BCUT2D eigenvalue weighted by Gasteiger charge is 2.14. The summed E-state index contributed by atoms with van der Waals surface area (Å²) in [5.41, 5.74) is 7.09. The van der Waals surface area contributed by atoms with Crippen molar-refractivity contribution in [1.29, 1.82) is 0 Å². The second kappa shape index (κ2) is 7.65. The van der Waals surface area contributed by atoms with Gasteiger partial charge >= 0.3 is 6.03 Å². The number of rotatable bonds is 5. The van der Waals surface area contributed by atoms with Gasteiger partial charge in [0.05, 0.1) is 6.04 Å². The zero-order valence-electron chi connectivity index (χ0n) is 12.7. The third-order valence-electron chi connectivity index (χ3n) is 3.40. The zero-order valence-corrected chi connectivity index (χ0v) is 13.4. The molecule has 0 aliphatic heterocycles. The minimum absolute atomic E-state index is 0.0943. The van der Waals surface area contributed by atoms with Gasteiger partial charge in [0.15, 0.2) is 0 Å². The third-order valence-corrected chi connectivity index (χ3v) is 3.65. The van der Waals surface area contributed by atoms with E-state index in [1.54, 1.807) is 36.4 Å². The fourth-order valence-electron chi connectivity index (χ4n) is 2.20. The lowest BCUT2D eigenvalue weighted by Gasteiger charge is -2.17. The van der Waals surface area contributed by atoms with Gasteiger partial charge in [-0.2, -0.15) is 0 Å². The molecule has 0 aliphatic rings. The van der Waals surface area contributed by atoms with Gasteiger partial charge in [-0.3, -0.25) is 4.79 Å². The first-order valence-electron chi connectivity index (χ1n) is 7.22. The summed E-state index contributed by atoms with van der Waals surface area (Å²) in [4.78, 5) is 23.1. The zero-order chi connectivity index (χ0) is 16.8. The van der Waals surface area contributed by atoms with Crippen LogP contribution in [0.5, 0.6) is 0 Å². The molecule has 0 saturated heterocycles. The van der Waals surface area contributed by atoms with Crippen LogP contribution in [0.15, 0.2) is 48.5 Å². The smallest absolute Gasteiger partial charge is 0.316 e. The summed E-state index contributed by atoms with van der Waals surface area (Å²) in [6.45, 7) is 2.00. The maximum atomic E-state index is 12.3. The summed E-state index contributed by atoms with van der Waals surface area (Å²) >= 11 is 5.89. The maximum absolute atomic E-state index is 12.3. The molecule has 3 amide bonds. The average Bonchev–Trinajstić information content (AvgIpc) is 2.53. The lowest BCUT2D eigenvalue weighted by Crippen LogP contribution is -2.28. The molecule has 0 saturated carbocycles. The standard InChI is InChI=1S/C17H18ClN3O2/c1-2-15(11-3-7-13(18)8-4-11)21-16(22)12-5-9-14(10-6-12)20-17(19)23/h3-10,15H,2H2,1H3,(H,21,22)(H3,19,20,23). The van der Waals surface area contributed by atoms with Crippen molar-refractivity contribution < 1.29 is 9.59 Å². The van der Waals surface area contributed by atoms with Gasteiger partial charge in [0.1, 0.15) is 0 Å². The number of anilines is 1. The molecule has 1 unspecified atom stereocenters. The van der Waals surface area contributed by atoms with E-state index in [1.165, 1.54) is 0 Å². The van der Waals surface area contributed by atoms with E-state index in [0.717, 1.165) is 12.0 Å². The molecule has 0 aliphatic carbocycles. The molecule has 23 heavy (non-hydrogen) atoms. The topological polar surface area (TPSA) is 84.2 Å². The van der Waals surface area contributed by atoms with Gasteiger partial charge in [0.2, 0.25) is 0 Å². The van der Waals surface area contributed by atoms with Crippen LogP contribution in [-0.2, 0) is 0 Å². The van der Waals surface area contributed by atoms with E-state index in [4.69, 9.17) is 17.3 Å². The fraction of sp³-hybridized carbons (Fsp3) is 0.176. The second-order valence-corrected chi connectivity index (χ2v) is 5.49. The number of amides is 3. The highest BCUT2D eigenvalue weighted by molar-refractivity contribution is 6.30. The fourth-order valence-corrected chi connectivity index (χ4v) is 2.33. The summed E-state index contributed by atoms with van der Waals surface area (Å²) in [7, 11) is 0. The Morgan fingerprint density at radius 3 is 2.22 bits per heavy atom. The van der Waals surface area contributed by atoms with Gasteiger partial charge in [0, 0.05) is 16.3 Å². The van der Waals surface area contributed by atoms with Gasteiger partial charge < -0.3 is 16.4 Å². The van der Waals surface area contributed by atoms with Crippen LogP contribution in [0, 0.1) is 0 Å². The van der Waals surface area contributed by atoms with Crippen molar-refractivity contribution in [3.05, 3.63) is 64.7 Å². The molecule has 0 spiro atoms. The van der Waals surface area contributed by atoms with Crippen molar-refractivity contribution in [2.75, 3.05) is 5.32 Å². The number of carbonyl (C=O) groups excluding carboxylic acids is 2. The highest BCUT2D eigenvalue weighted by atomic mass is 35.5. The predicted molar refractivity (Wildman–Crippen MR) is 91.6 cm³/mol. The van der Waals surface area contributed by atoms with Crippen LogP contribution in [0.25, 0.3) is 0 Å². The van der Waals surface area contributed by atoms with Crippen molar-refractivity contribution in [2.24, 2.45) is 5.73 Å². The monoisotopic (exact) mass is 331 g/mol. The summed E-state index contributed by atoms with van der Waals surface area (Å²) in [5, 5.41) is 6.09. The molecule has 5 nitrogen and oxygen atoms in total. The van der Waals surface area contributed by atoms with E-state index in [2.05, 4.69) is 10.6 Å². The van der Waals surface area contributed by atoms with Crippen LogP contribution in [-0.4, -0.2) is 11.9 Å². The van der Waals surface area contributed by atoms with Crippen molar-refractivity contribution in [3.63, 3.8) is 0 Å². The first kappa shape index (κ1) is 16.8. The average molecular weight is 332 g/mol. The number of urea groups is 1. The lowest BCUT2D eigenvalue weighted by molar-refractivity contribution is 0.0935. The van der Waals surface area contributed by atoms with E-state index < -0.39 is 6.03 Å². The number of nitrogens with one attached hydrogen (secondary N) is 2. The van der Waals surface area contributed by atoms with Crippen molar-refractivity contribution >= 4 is 29.2 Å². The largest absolute Gasteiger partial charge is 0.351 e. The van der Waals surface area contributed by atoms with Gasteiger partial charge in [-0.15, -0.1) is 0 Å². The van der Waals surface area contributed by atoms with E-state index in [9.17, 15) is 9.59 Å². The molecule has 2 aromatic carbocycles. The molecule has 6 heteroatoms. The van der Waals surface area contributed by atoms with Gasteiger partial charge in [-0.05, 0) is 48.4 Å². The Bertz CT molecular complexity index is 684. The van der Waals surface area contributed by atoms with Crippen LogP contribution in [0.2, 0.25) is 5.02 Å². The molecule has 0 aromatic heterocycles. The Hall–Kier alpha value is -2.53. The number of carbonyl (C=O) groups is 2. The summed E-state index contributed by atoms with van der Waals surface area (Å²) in [6.07, 6.45) is 0.759. The maximum Gasteiger partial charge on any atom is 0.316 e. The van der Waals surface area contributed by atoms with Crippen LogP contribution < -0.4 is 16.4 Å². The summed E-state index contributed by atoms with van der Waals surface area (Å²) in [5.74, 6) is -0.183. The quantitative estimate of drug-likeness (QED) is 0.780. The van der Waals surface area contributed by atoms with E-state index in [0.29, 0.717) is 16.3 Å². The number of benzene rings is 2. The minimum Gasteiger partial charge on any atom is -0.351 e.